The summed E-state index contributed by atoms with van der Waals surface area (Å²) in [6.07, 6.45) is 12.3. The van der Waals surface area contributed by atoms with Crippen molar-refractivity contribution in [3.05, 3.63) is 0 Å². The predicted octanol–water partition coefficient (Wildman–Crippen LogP) is 3.65. The van der Waals surface area contributed by atoms with Crippen LogP contribution >= 0.6 is 0 Å². The van der Waals surface area contributed by atoms with Crippen molar-refractivity contribution in [2.24, 2.45) is 5.92 Å². The van der Waals surface area contributed by atoms with Crippen LogP contribution in [0.1, 0.15) is 64.2 Å². The zero-order chi connectivity index (χ0) is 12.5. The Morgan fingerprint density at radius 3 is 2.06 bits per heavy atom. The molecule has 0 bridgehead atoms. The molecule has 2 nitrogen and oxygen atoms in total. The number of ketones is 1. The average Bonchev–Trinajstić information content (AvgIpc) is 2.27. The van der Waals surface area contributed by atoms with E-state index in [0.717, 1.165) is 25.8 Å². The van der Waals surface area contributed by atoms with Gasteiger partial charge in [0, 0.05) is 18.9 Å². The molecule has 0 amide bonds. The van der Waals surface area contributed by atoms with Crippen LogP contribution < -0.4 is 0 Å². The molecule has 1 aliphatic carbocycles. The third-order valence-corrected chi connectivity index (χ3v) is 3.77. The van der Waals surface area contributed by atoms with Gasteiger partial charge in [0.2, 0.25) is 0 Å². The monoisotopic (exact) mass is 239 g/mol. The quantitative estimate of drug-likeness (QED) is 0.733. The molecule has 2 heteroatoms. The van der Waals surface area contributed by atoms with E-state index < -0.39 is 0 Å². The summed E-state index contributed by atoms with van der Waals surface area (Å²) in [7, 11) is 4.15. The summed E-state index contributed by atoms with van der Waals surface area (Å²) in [6.45, 7) is 0.943. The molecular formula is C15H29NO. The first-order valence-electron chi connectivity index (χ1n) is 7.37. The Kier molecular flexibility index (Phi) is 7.50. The van der Waals surface area contributed by atoms with Crippen LogP contribution in [-0.2, 0) is 4.79 Å². The van der Waals surface area contributed by atoms with Crippen molar-refractivity contribution in [3.63, 3.8) is 0 Å². The van der Waals surface area contributed by atoms with E-state index in [-0.39, 0.29) is 0 Å². The van der Waals surface area contributed by atoms with Gasteiger partial charge < -0.3 is 4.90 Å². The second-order valence-electron chi connectivity index (χ2n) is 5.79. The largest absolute Gasteiger partial charge is 0.309 e. The fourth-order valence-corrected chi connectivity index (χ4v) is 2.75. The molecule has 0 N–H and O–H groups in total. The van der Waals surface area contributed by atoms with E-state index in [9.17, 15) is 4.79 Å². The molecule has 0 aromatic heterocycles. The van der Waals surface area contributed by atoms with Crippen molar-refractivity contribution >= 4 is 5.78 Å². The highest BCUT2D eigenvalue weighted by Crippen LogP contribution is 2.19. The normalized spacial score (nSPS) is 25.4. The maximum Gasteiger partial charge on any atom is 0.137 e. The Morgan fingerprint density at radius 1 is 0.941 bits per heavy atom. The Bertz CT molecular complexity index is 213. The lowest BCUT2D eigenvalue weighted by molar-refractivity contribution is -0.123. The van der Waals surface area contributed by atoms with Crippen molar-refractivity contribution in [2.75, 3.05) is 20.6 Å². The summed E-state index contributed by atoms with van der Waals surface area (Å²) in [5.41, 5.74) is 0. The lowest BCUT2D eigenvalue weighted by Crippen LogP contribution is -2.28. The second-order valence-corrected chi connectivity index (χ2v) is 5.79. The number of hydrogen-bond donors (Lipinski definition) is 0. The maximum absolute atomic E-state index is 12.1. The van der Waals surface area contributed by atoms with Crippen LogP contribution in [0.2, 0.25) is 0 Å². The lowest BCUT2D eigenvalue weighted by atomic mass is 9.91. The fraction of sp³-hybridized carbons (Fsp3) is 0.933. The standard InChI is InChI=1S/C15H29NO/c1-16(2)13-14-11-9-7-5-3-4-6-8-10-12-15(14)17/h14H,3-13H2,1-2H3/t14-/m1/s1. The molecule has 1 rings (SSSR count). The molecule has 0 radical (unpaired) electrons. The highest BCUT2D eigenvalue weighted by molar-refractivity contribution is 5.81. The molecule has 1 fully saturated rings. The van der Waals surface area contributed by atoms with Gasteiger partial charge in [-0.3, -0.25) is 4.79 Å². The minimum Gasteiger partial charge on any atom is -0.309 e. The van der Waals surface area contributed by atoms with Gasteiger partial charge >= 0.3 is 0 Å². The zero-order valence-electron chi connectivity index (χ0n) is 11.7. The van der Waals surface area contributed by atoms with Crippen LogP contribution in [0.3, 0.4) is 0 Å². The van der Waals surface area contributed by atoms with Crippen molar-refractivity contribution in [3.8, 4) is 0 Å². The molecule has 0 aromatic rings. The Labute approximate surface area is 107 Å². The van der Waals surface area contributed by atoms with Crippen LogP contribution in [0.15, 0.2) is 0 Å². The third kappa shape index (κ3) is 6.82. The number of Topliss-reactive ketones (excluding diaryl/α,β-unsaturated/α-hetero) is 1. The van der Waals surface area contributed by atoms with Gasteiger partial charge in [-0.15, -0.1) is 0 Å². The topological polar surface area (TPSA) is 20.3 Å². The van der Waals surface area contributed by atoms with Gasteiger partial charge in [0.05, 0.1) is 0 Å². The van der Waals surface area contributed by atoms with E-state index in [1.807, 2.05) is 0 Å². The summed E-state index contributed by atoms with van der Waals surface area (Å²) in [6, 6.07) is 0. The second kappa shape index (κ2) is 8.68. The molecule has 1 saturated carbocycles. The van der Waals surface area contributed by atoms with Crippen molar-refractivity contribution in [2.45, 2.75) is 64.2 Å². The highest BCUT2D eigenvalue weighted by Gasteiger charge is 2.18. The van der Waals surface area contributed by atoms with Gasteiger partial charge in [0.15, 0.2) is 0 Å². The van der Waals surface area contributed by atoms with Crippen LogP contribution in [0.5, 0.6) is 0 Å². The van der Waals surface area contributed by atoms with Crippen LogP contribution in [0, 0.1) is 5.92 Å². The molecule has 0 saturated heterocycles. The van der Waals surface area contributed by atoms with Gasteiger partial charge in [-0.1, -0.05) is 44.9 Å². The van der Waals surface area contributed by atoms with E-state index in [0.29, 0.717) is 11.7 Å². The summed E-state index contributed by atoms with van der Waals surface area (Å²) in [5.74, 6) is 0.809. The Hall–Kier alpha value is -0.370. The van der Waals surface area contributed by atoms with Crippen LogP contribution in [-0.4, -0.2) is 31.3 Å². The highest BCUT2D eigenvalue weighted by atomic mass is 16.1. The molecule has 1 aliphatic rings. The van der Waals surface area contributed by atoms with Crippen molar-refractivity contribution < 1.29 is 4.79 Å². The maximum atomic E-state index is 12.1. The number of nitrogens with zero attached hydrogens (tertiary/aromatic N) is 1. The number of carbonyl (C=O) groups is 1. The summed E-state index contributed by atoms with van der Waals surface area (Å²) >= 11 is 0. The molecule has 17 heavy (non-hydrogen) atoms. The molecule has 0 heterocycles. The smallest absolute Gasteiger partial charge is 0.137 e. The van der Waals surface area contributed by atoms with Gasteiger partial charge in [0.1, 0.15) is 5.78 Å². The summed E-state index contributed by atoms with van der Waals surface area (Å²) in [4.78, 5) is 14.3. The first-order valence-corrected chi connectivity index (χ1v) is 7.37. The molecule has 0 aromatic carbocycles. The Morgan fingerprint density at radius 2 is 1.47 bits per heavy atom. The SMILES string of the molecule is CN(C)C[C@H]1CCCCCCCCCCC1=O. The zero-order valence-corrected chi connectivity index (χ0v) is 11.7. The number of rotatable bonds is 2. The van der Waals surface area contributed by atoms with E-state index >= 15 is 0 Å². The molecule has 0 spiro atoms. The molecule has 100 valence electrons. The lowest BCUT2D eigenvalue weighted by Gasteiger charge is -2.20. The van der Waals surface area contributed by atoms with E-state index in [4.69, 9.17) is 0 Å². The summed E-state index contributed by atoms with van der Waals surface area (Å²) in [5, 5.41) is 0. The van der Waals surface area contributed by atoms with Crippen LogP contribution in [0.25, 0.3) is 0 Å². The number of hydrogen-bond acceptors (Lipinski definition) is 2. The first kappa shape index (κ1) is 14.7. The predicted molar refractivity (Wildman–Crippen MR) is 73.2 cm³/mol. The van der Waals surface area contributed by atoms with E-state index in [1.165, 1.54) is 44.9 Å². The van der Waals surface area contributed by atoms with Crippen molar-refractivity contribution in [1.82, 2.24) is 4.90 Å². The van der Waals surface area contributed by atoms with Crippen molar-refractivity contribution in [1.29, 1.82) is 0 Å². The fourth-order valence-electron chi connectivity index (χ4n) is 2.75. The van der Waals surface area contributed by atoms with Crippen LogP contribution in [0.4, 0.5) is 0 Å². The van der Waals surface area contributed by atoms with Gasteiger partial charge in [-0.25, -0.2) is 0 Å². The minimum atomic E-state index is 0.296. The number of carbonyl (C=O) groups excluding carboxylic acids is 1. The average molecular weight is 239 g/mol. The minimum absolute atomic E-state index is 0.296. The molecule has 1 atom stereocenters. The van der Waals surface area contributed by atoms with Gasteiger partial charge in [-0.05, 0) is 26.9 Å². The molecule has 0 unspecified atom stereocenters. The molecule has 0 aliphatic heterocycles. The van der Waals surface area contributed by atoms with Gasteiger partial charge in [-0.2, -0.15) is 0 Å². The third-order valence-electron chi connectivity index (χ3n) is 3.77. The van der Waals surface area contributed by atoms with Gasteiger partial charge in [0.25, 0.3) is 0 Å². The Balaban J connectivity index is 2.42. The molecular weight excluding hydrogens is 210 g/mol. The van der Waals surface area contributed by atoms with E-state index in [2.05, 4.69) is 19.0 Å². The van der Waals surface area contributed by atoms with E-state index in [1.54, 1.807) is 0 Å². The first-order chi connectivity index (χ1) is 8.20. The summed E-state index contributed by atoms with van der Waals surface area (Å²) < 4.78 is 0.